The molecule has 0 aliphatic carbocycles. The molecule has 0 aromatic carbocycles. The summed E-state index contributed by atoms with van der Waals surface area (Å²) < 4.78 is 4.84. The van der Waals surface area contributed by atoms with Crippen LogP contribution in [0.5, 0.6) is 0 Å². The molecule has 80 valence electrons. The monoisotopic (exact) mass is 199 g/mol. The number of carbonyl (C=O) groups is 1. The molecule has 0 saturated heterocycles. The largest absolute Gasteiger partial charge is 0.370 e. The summed E-state index contributed by atoms with van der Waals surface area (Å²) in [5, 5.41) is 11.3. The fraction of sp³-hybridized carbons (Fsp3) is 0.778. The van der Waals surface area contributed by atoms with Crippen molar-refractivity contribution < 1.29 is 9.53 Å². The number of methoxy groups -OCH3 is 1. The van der Waals surface area contributed by atoms with E-state index in [1.54, 1.807) is 13.8 Å². The minimum Gasteiger partial charge on any atom is -0.370 e. The maximum absolute atomic E-state index is 11.3. The van der Waals surface area contributed by atoms with Crippen LogP contribution in [0.3, 0.4) is 0 Å². The maximum atomic E-state index is 11.3. The summed E-state index contributed by atoms with van der Waals surface area (Å²) in [7, 11) is 1.42. The number of carbonyl (C=O) groups excluding carboxylic acids is 1. The number of nitriles is 1. The number of hydrogen-bond donors (Lipinski definition) is 2. The summed E-state index contributed by atoms with van der Waals surface area (Å²) >= 11 is 0. The molecule has 1 amide bonds. The summed E-state index contributed by atoms with van der Waals surface area (Å²) in [4.78, 5) is 11.3. The smallest absolute Gasteiger partial charge is 0.250 e. The van der Waals surface area contributed by atoms with Gasteiger partial charge in [0.05, 0.1) is 11.5 Å². The minimum atomic E-state index is -0.635. The molecule has 1 unspecified atom stereocenters. The maximum Gasteiger partial charge on any atom is 0.250 e. The molecule has 0 saturated carbocycles. The van der Waals surface area contributed by atoms with Gasteiger partial charge in [0.2, 0.25) is 5.91 Å². The Bertz CT molecular complexity index is 229. The van der Waals surface area contributed by atoms with Gasteiger partial charge >= 0.3 is 0 Å². The third-order valence-electron chi connectivity index (χ3n) is 1.80. The Kier molecular flexibility index (Phi) is 5.13. The van der Waals surface area contributed by atoms with Gasteiger partial charge in [-0.1, -0.05) is 0 Å². The van der Waals surface area contributed by atoms with Gasteiger partial charge in [-0.25, -0.2) is 0 Å². The lowest BCUT2D eigenvalue weighted by molar-refractivity contribution is -0.130. The molecule has 14 heavy (non-hydrogen) atoms. The molecular weight excluding hydrogens is 182 g/mol. The SMILES string of the molecule is COC(CN)C(=O)NCC(C)(C)C#N. The normalized spacial score (nSPS) is 13.1. The average molecular weight is 199 g/mol. The molecule has 3 N–H and O–H groups in total. The highest BCUT2D eigenvalue weighted by Crippen LogP contribution is 2.10. The van der Waals surface area contributed by atoms with Crippen LogP contribution in [0.1, 0.15) is 13.8 Å². The van der Waals surface area contributed by atoms with E-state index in [1.807, 2.05) is 0 Å². The zero-order valence-corrected chi connectivity index (χ0v) is 8.83. The number of amides is 1. The Labute approximate surface area is 84.2 Å². The third kappa shape index (κ3) is 4.21. The molecular formula is C9H17N3O2. The van der Waals surface area contributed by atoms with Crippen molar-refractivity contribution in [2.75, 3.05) is 20.2 Å². The van der Waals surface area contributed by atoms with Crippen molar-refractivity contribution in [1.29, 1.82) is 5.26 Å². The fourth-order valence-corrected chi connectivity index (χ4v) is 0.772. The molecule has 0 fully saturated rings. The van der Waals surface area contributed by atoms with Gasteiger partial charge in [-0.3, -0.25) is 4.79 Å². The molecule has 0 heterocycles. The van der Waals surface area contributed by atoms with Crippen molar-refractivity contribution in [2.45, 2.75) is 20.0 Å². The number of nitrogens with one attached hydrogen (secondary N) is 1. The van der Waals surface area contributed by atoms with Crippen LogP contribution in [-0.4, -0.2) is 32.2 Å². The fourth-order valence-electron chi connectivity index (χ4n) is 0.772. The molecule has 0 spiro atoms. The molecule has 5 nitrogen and oxygen atoms in total. The van der Waals surface area contributed by atoms with Crippen molar-refractivity contribution in [3.05, 3.63) is 0 Å². The van der Waals surface area contributed by atoms with Gasteiger partial charge in [-0.15, -0.1) is 0 Å². The number of nitrogens with zero attached hydrogens (tertiary/aromatic N) is 1. The summed E-state index contributed by atoms with van der Waals surface area (Å²) in [5.74, 6) is -0.279. The number of rotatable bonds is 5. The molecule has 0 aliphatic rings. The van der Waals surface area contributed by atoms with E-state index < -0.39 is 11.5 Å². The molecule has 0 aromatic rings. The topological polar surface area (TPSA) is 88.1 Å². The van der Waals surface area contributed by atoms with E-state index in [1.165, 1.54) is 7.11 Å². The van der Waals surface area contributed by atoms with Crippen molar-refractivity contribution >= 4 is 5.91 Å². The first-order chi connectivity index (χ1) is 6.46. The summed E-state index contributed by atoms with van der Waals surface area (Å²) in [6.45, 7) is 3.92. The van der Waals surface area contributed by atoms with Crippen molar-refractivity contribution in [2.24, 2.45) is 11.1 Å². The molecule has 0 aromatic heterocycles. The predicted octanol–water partition coefficient (Wildman–Crippen LogP) is -0.374. The molecule has 0 radical (unpaired) electrons. The molecule has 1 atom stereocenters. The number of nitrogens with two attached hydrogens (primary N) is 1. The number of ether oxygens (including phenoxy) is 1. The Morgan fingerprint density at radius 3 is 2.64 bits per heavy atom. The Morgan fingerprint density at radius 2 is 2.29 bits per heavy atom. The molecule has 0 aliphatic heterocycles. The van der Waals surface area contributed by atoms with E-state index in [2.05, 4.69) is 11.4 Å². The highest BCUT2D eigenvalue weighted by atomic mass is 16.5. The highest BCUT2D eigenvalue weighted by molar-refractivity contribution is 5.81. The molecule has 0 bridgehead atoms. The van der Waals surface area contributed by atoms with E-state index in [-0.39, 0.29) is 12.5 Å². The van der Waals surface area contributed by atoms with Gasteiger partial charge in [0.15, 0.2) is 0 Å². The third-order valence-corrected chi connectivity index (χ3v) is 1.80. The van der Waals surface area contributed by atoms with Crippen molar-refractivity contribution in [3.63, 3.8) is 0 Å². The van der Waals surface area contributed by atoms with Gasteiger partial charge in [0.25, 0.3) is 0 Å². The van der Waals surface area contributed by atoms with Crippen LogP contribution < -0.4 is 11.1 Å². The van der Waals surface area contributed by atoms with E-state index in [0.717, 1.165) is 0 Å². The van der Waals surface area contributed by atoms with Gasteiger partial charge in [-0.05, 0) is 13.8 Å². The zero-order chi connectivity index (χ0) is 11.2. The van der Waals surface area contributed by atoms with E-state index >= 15 is 0 Å². The van der Waals surface area contributed by atoms with Crippen molar-refractivity contribution in [1.82, 2.24) is 5.32 Å². The predicted molar refractivity (Wildman–Crippen MR) is 52.3 cm³/mol. The van der Waals surface area contributed by atoms with Crippen LogP contribution in [0.4, 0.5) is 0 Å². The summed E-state index contributed by atoms with van der Waals surface area (Å²) in [6, 6.07) is 2.08. The lowest BCUT2D eigenvalue weighted by Crippen LogP contribution is -2.43. The quantitative estimate of drug-likeness (QED) is 0.632. The Morgan fingerprint density at radius 1 is 1.71 bits per heavy atom. The Hall–Kier alpha value is -1.12. The number of hydrogen-bond acceptors (Lipinski definition) is 4. The second-order valence-corrected chi connectivity index (χ2v) is 3.67. The van der Waals surface area contributed by atoms with E-state index in [4.69, 9.17) is 15.7 Å². The van der Waals surface area contributed by atoms with Gasteiger partial charge in [-0.2, -0.15) is 5.26 Å². The van der Waals surface area contributed by atoms with Gasteiger partial charge in [0.1, 0.15) is 6.10 Å². The summed E-state index contributed by atoms with van der Waals surface area (Å²) in [5.41, 5.74) is 4.74. The first kappa shape index (κ1) is 12.9. The van der Waals surface area contributed by atoms with Crippen molar-refractivity contribution in [3.8, 4) is 6.07 Å². The van der Waals surface area contributed by atoms with E-state index in [9.17, 15) is 4.79 Å². The van der Waals surface area contributed by atoms with Gasteiger partial charge in [0, 0.05) is 20.2 Å². The van der Waals surface area contributed by atoms with Crippen LogP contribution in [0.2, 0.25) is 0 Å². The summed E-state index contributed by atoms with van der Waals surface area (Å²) in [6.07, 6.45) is -0.635. The minimum absolute atomic E-state index is 0.134. The average Bonchev–Trinajstić information content (AvgIpc) is 2.17. The van der Waals surface area contributed by atoms with Gasteiger partial charge < -0.3 is 15.8 Å². The van der Waals surface area contributed by atoms with Crippen LogP contribution >= 0.6 is 0 Å². The second-order valence-electron chi connectivity index (χ2n) is 3.67. The Balaban J connectivity index is 4.03. The lowest BCUT2D eigenvalue weighted by Gasteiger charge is -2.18. The molecule has 5 heteroatoms. The zero-order valence-electron chi connectivity index (χ0n) is 8.83. The molecule has 0 rings (SSSR count). The van der Waals surface area contributed by atoms with Crippen LogP contribution in [0, 0.1) is 16.7 Å². The van der Waals surface area contributed by atoms with E-state index in [0.29, 0.717) is 6.54 Å². The van der Waals surface area contributed by atoms with Crippen LogP contribution in [0.25, 0.3) is 0 Å². The standard InChI is InChI=1S/C9H17N3O2/c1-9(2,5-11)6-12-8(13)7(4-10)14-3/h7H,4,6,10H2,1-3H3,(H,12,13). The highest BCUT2D eigenvalue weighted by Gasteiger charge is 2.21. The second kappa shape index (κ2) is 5.58. The van der Waals surface area contributed by atoms with Crippen LogP contribution in [0.15, 0.2) is 0 Å². The first-order valence-corrected chi connectivity index (χ1v) is 4.38. The first-order valence-electron chi connectivity index (χ1n) is 4.38. The lowest BCUT2D eigenvalue weighted by atomic mass is 9.96. The van der Waals surface area contributed by atoms with Crippen LogP contribution in [-0.2, 0) is 9.53 Å².